The fourth-order valence-corrected chi connectivity index (χ4v) is 5.95. The molecule has 5 aromatic rings. The van der Waals surface area contributed by atoms with Gasteiger partial charge < -0.3 is 5.73 Å². The van der Waals surface area contributed by atoms with Crippen molar-refractivity contribution in [3.05, 3.63) is 138 Å². The lowest BCUT2D eigenvalue weighted by atomic mass is 9.70. The van der Waals surface area contributed by atoms with Crippen LogP contribution in [0.25, 0.3) is 33.4 Å². The molecule has 7 rings (SSSR count). The number of fused-ring (bicyclic) bond motifs is 10. The molecule has 0 aromatic heterocycles. The number of nitrogens with two attached hydrogens (primary N) is 1. The lowest BCUT2D eigenvalue weighted by Crippen LogP contribution is -2.25. The molecule has 0 bridgehead atoms. The molecule has 0 saturated heterocycles. The highest BCUT2D eigenvalue weighted by molar-refractivity contribution is 5.95. The molecule has 0 aliphatic heterocycles. The predicted molar refractivity (Wildman–Crippen MR) is 133 cm³/mol. The first-order chi connectivity index (χ1) is 15.8. The van der Waals surface area contributed by atoms with E-state index in [1.807, 2.05) is 12.1 Å². The molecule has 0 saturated carbocycles. The first-order valence-electron chi connectivity index (χ1n) is 11.1. The summed E-state index contributed by atoms with van der Waals surface area (Å²) in [7, 11) is 0. The summed E-state index contributed by atoms with van der Waals surface area (Å²) in [6, 6.07) is 41.9. The van der Waals surface area contributed by atoms with E-state index in [1.165, 1.54) is 55.6 Å². The average Bonchev–Trinajstić information content (AvgIpc) is 3.32. The quantitative estimate of drug-likeness (QED) is 0.284. The summed E-state index contributed by atoms with van der Waals surface area (Å²) < 4.78 is 0. The molecular weight excluding hydrogens is 386 g/mol. The van der Waals surface area contributed by atoms with E-state index in [4.69, 9.17) is 5.73 Å². The number of benzene rings is 5. The summed E-state index contributed by atoms with van der Waals surface area (Å²) >= 11 is 0. The van der Waals surface area contributed by atoms with Crippen LogP contribution < -0.4 is 5.73 Å². The third-order valence-corrected chi connectivity index (χ3v) is 7.24. The van der Waals surface area contributed by atoms with Crippen molar-refractivity contribution in [3.8, 4) is 33.4 Å². The first-order valence-corrected chi connectivity index (χ1v) is 11.1. The molecular formula is C31H21N. The Morgan fingerprint density at radius 1 is 0.406 bits per heavy atom. The van der Waals surface area contributed by atoms with Crippen molar-refractivity contribution in [1.29, 1.82) is 0 Å². The minimum Gasteiger partial charge on any atom is -0.399 e. The minimum absolute atomic E-state index is 0.289. The van der Waals surface area contributed by atoms with Gasteiger partial charge in [-0.05, 0) is 73.8 Å². The van der Waals surface area contributed by atoms with Gasteiger partial charge in [0.25, 0.3) is 0 Å². The number of nitrogen functional groups attached to an aromatic ring is 1. The predicted octanol–water partition coefficient (Wildman–Crippen LogP) is 7.28. The van der Waals surface area contributed by atoms with Crippen LogP contribution in [0.5, 0.6) is 0 Å². The van der Waals surface area contributed by atoms with Crippen molar-refractivity contribution in [2.24, 2.45) is 0 Å². The van der Waals surface area contributed by atoms with Gasteiger partial charge in [0, 0.05) is 5.69 Å². The van der Waals surface area contributed by atoms with Gasteiger partial charge in [0.05, 0.1) is 5.41 Å². The minimum atomic E-state index is -0.289. The zero-order chi connectivity index (χ0) is 21.3. The van der Waals surface area contributed by atoms with Crippen molar-refractivity contribution in [1.82, 2.24) is 0 Å². The van der Waals surface area contributed by atoms with Gasteiger partial charge in [-0.1, -0.05) is 97.1 Å². The van der Waals surface area contributed by atoms with Crippen LogP contribution >= 0.6 is 0 Å². The highest BCUT2D eigenvalue weighted by atomic mass is 14.5. The summed E-state index contributed by atoms with van der Waals surface area (Å²) in [5.74, 6) is 0. The van der Waals surface area contributed by atoms with E-state index in [9.17, 15) is 0 Å². The standard InChI is InChI=1S/C31H21N/c32-22-16-13-20(14-17-22)21-15-18-26-25-9-3-6-12-29(25)31(30(26)19-21)27-10-4-1-7-23(27)24-8-2-5-11-28(24)31/h1-19H,32H2. The van der Waals surface area contributed by atoms with Crippen LogP contribution in [0.15, 0.2) is 115 Å². The van der Waals surface area contributed by atoms with Crippen LogP contribution in [0.1, 0.15) is 22.3 Å². The van der Waals surface area contributed by atoms with Crippen LogP contribution in [0.2, 0.25) is 0 Å². The molecule has 32 heavy (non-hydrogen) atoms. The lowest BCUT2D eigenvalue weighted by molar-refractivity contribution is 0.794. The second-order valence-electron chi connectivity index (χ2n) is 8.77. The maximum absolute atomic E-state index is 5.95. The van der Waals surface area contributed by atoms with E-state index >= 15 is 0 Å². The van der Waals surface area contributed by atoms with Gasteiger partial charge in [0.2, 0.25) is 0 Å². The van der Waals surface area contributed by atoms with Crippen LogP contribution in [-0.2, 0) is 5.41 Å². The molecule has 0 amide bonds. The highest BCUT2D eigenvalue weighted by Gasteiger charge is 2.51. The Hall–Kier alpha value is -4.10. The number of anilines is 1. The molecule has 2 aliphatic rings. The fourth-order valence-electron chi connectivity index (χ4n) is 5.95. The second-order valence-corrected chi connectivity index (χ2v) is 8.77. The van der Waals surface area contributed by atoms with E-state index in [0.29, 0.717) is 0 Å². The topological polar surface area (TPSA) is 26.0 Å². The lowest BCUT2D eigenvalue weighted by Gasteiger charge is -2.30. The van der Waals surface area contributed by atoms with E-state index in [2.05, 4.69) is 103 Å². The summed E-state index contributed by atoms with van der Waals surface area (Å²) in [6.07, 6.45) is 0. The second kappa shape index (κ2) is 6.21. The molecule has 0 radical (unpaired) electrons. The van der Waals surface area contributed by atoms with E-state index < -0.39 is 0 Å². The maximum Gasteiger partial charge on any atom is 0.0725 e. The largest absolute Gasteiger partial charge is 0.399 e. The van der Waals surface area contributed by atoms with Gasteiger partial charge in [0.15, 0.2) is 0 Å². The summed E-state index contributed by atoms with van der Waals surface area (Å²) in [4.78, 5) is 0. The summed E-state index contributed by atoms with van der Waals surface area (Å²) in [5.41, 5.74) is 19.7. The van der Waals surface area contributed by atoms with E-state index in [-0.39, 0.29) is 5.41 Å². The molecule has 2 N–H and O–H groups in total. The SMILES string of the molecule is Nc1ccc(-c2ccc3c(c2)C2(c4ccccc4-c4ccccc42)c2ccccc2-3)cc1. The Morgan fingerprint density at radius 3 is 1.38 bits per heavy atom. The molecule has 1 heteroatoms. The monoisotopic (exact) mass is 407 g/mol. The van der Waals surface area contributed by atoms with Gasteiger partial charge in [-0.2, -0.15) is 0 Å². The Bertz CT molecular complexity index is 1460. The van der Waals surface area contributed by atoms with Crippen molar-refractivity contribution >= 4 is 5.69 Å². The molecule has 1 nitrogen and oxygen atoms in total. The van der Waals surface area contributed by atoms with Crippen molar-refractivity contribution in [2.75, 3.05) is 5.73 Å². The normalized spacial score (nSPS) is 14.0. The molecule has 0 fully saturated rings. The molecule has 1 spiro atoms. The van der Waals surface area contributed by atoms with Gasteiger partial charge in [-0.3, -0.25) is 0 Å². The first kappa shape index (κ1) is 17.6. The third kappa shape index (κ3) is 2.08. The fraction of sp³-hybridized carbons (Fsp3) is 0.0323. The van der Waals surface area contributed by atoms with Crippen LogP contribution in [0.3, 0.4) is 0 Å². The highest BCUT2D eigenvalue weighted by Crippen LogP contribution is 2.62. The van der Waals surface area contributed by atoms with Crippen molar-refractivity contribution < 1.29 is 0 Å². The molecule has 150 valence electrons. The van der Waals surface area contributed by atoms with Gasteiger partial charge >= 0.3 is 0 Å². The maximum atomic E-state index is 5.95. The number of rotatable bonds is 1. The Kier molecular flexibility index (Phi) is 3.41. The Labute approximate surface area is 187 Å². The van der Waals surface area contributed by atoms with Crippen molar-refractivity contribution in [2.45, 2.75) is 5.41 Å². The third-order valence-electron chi connectivity index (χ3n) is 7.24. The van der Waals surface area contributed by atoms with Gasteiger partial charge in [-0.25, -0.2) is 0 Å². The zero-order valence-electron chi connectivity index (χ0n) is 17.5. The van der Waals surface area contributed by atoms with Gasteiger partial charge in [0.1, 0.15) is 0 Å². The van der Waals surface area contributed by atoms with Crippen LogP contribution in [-0.4, -0.2) is 0 Å². The Morgan fingerprint density at radius 2 is 0.844 bits per heavy atom. The molecule has 0 unspecified atom stereocenters. The van der Waals surface area contributed by atoms with Gasteiger partial charge in [-0.15, -0.1) is 0 Å². The molecule has 2 aliphatic carbocycles. The van der Waals surface area contributed by atoms with E-state index in [0.717, 1.165) is 5.69 Å². The van der Waals surface area contributed by atoms with Crippen LogP contribution in [0.4, 0.5) is 5.69 Å². The summed E-state index contributed by atoms with van der Waals surface area (Å²) in [5, 5.41) is 0. The Balaban J connectivity index is 1.61. The number of hydrogen-bond donors (Lipinski definition) is 1. The zero-order valence-corrected chi connectivity index (χ0v) is 17.5. The van der Waals surface area contributed by atoms with Crippen LogP contribution in [0, 0.1) is 0 Å². The molecule has 0 atom stereocenters. The molecule has 5 aromatic carbocycles. The molecule has 0 heterocycles. The number of hydrogen-bond acceptors (Lipinski definition) is 1. The van der Waals surface area contributed by atoms with E-state index in [1.54, 1.807) is 0 Å². The summed E-state index contributed by atoms with van der Waals surface area (Å²) in [6.45, 7) is 0. The smallest absolute Gasteiger partial charge is 0.0725 e. The average molecular weight is 408 g/mol. The van der Waals surface area contributed by atoms with Crippen molar-refractivity contribution in [3.63, 3.8) is 0 Å².